The molecular weight excluding hydrogens is 300 g/mol. The zero-order valence-corrected chi connectivity index (χ0v) is 12.7. The predicted octanol–water partition coefficient (Wildman–Crippen LogP) is 2.21. The highest BCUT2D eigenvalue weighted by Crippen LogP contribution is 2.23. The Morgan fingerprint density at radius 2 is 1.95 bits per heavy atom. The van der Waals surface area contributed by atoms with Crippen LogP contribution in [0.4, 0.5) is 4.79 Å². The van der Waals surface area contributed by atoms with E-state index in [0.717, 1.165) is 5.56 Å². The smallest absolute Gasteiger partial charge is 0.410 e. The lowest BCUT2D eigenvalue weighted by Gasteiger charge is -2.37. The van der Waals surface area contributed by atoms with Crippen molar-refractivity contribution in [2.24, 2.45) is 0 Å². The summed E-state index contributed by atoms with van der Waals surface area (Å²) in [7, 11) is 0. The van der Waals surface area contributed by atoms with Crippen molar-refractivity contribution in [1.82, 2.24) is 9.88 Å². The van der Waals surface area contributed by atoms with E-state index in [0.29, 0.717) is 18.1 Å². The Morgan fingerprint density at radius 3 is 2.64 bits per heavy atom. The maximum Gasteiger partial charge on any atom is 0.410 e. The molecule has 0 bridgehead atoms. The number of aromatic nitrogens is 1. The second kappa shape index (κ2) is 6.81. The van der Waals surface area contributed by atoms with E-state index >= 15 is 0 Å². The molecule has 6 heteroatoms. The van der Waals surface area contributed by atoms with Crippen LogP contribution < -0.4 is 0 Å². The molecule has 2 heterocycles. The number of benzene rings is 1. The van der Waals surface area contributed by atoms with Crippen molar-refractivity contribution in [2.75, 3.05) is 13.1 Å². The molecule has 1 aliphatic heterocycles. The number of likely N-dealkylation sites (tertiary alicyclic amines) is 1. The van der Waals surface area contributed by atoms with Crippen LogP contribution in [0.15, 0.2) is 59.8 Å². The first-order valence-corrected chi connectivity index (χ1v) is 8.22. The molecule has 1 aromatic heterocycles. The van der Waals surface area contributed by atoms with Crippen molar-refractivity contribution in [3.63, 3.8) is 0 Å². The van der Waals surface area contributed by atoms with E-state index in [1.807, 2.05) is 36.4 Å². The Bertz CT molecular complexity index is 618. The summed E-state index contributed by atoms with van der Waals surface area (Å²) in [6.07, 6.45) is 1.26. The Balaban J connectivity index is 1.46. The molecule has 0 aliphatic carbocycles. The van der Waals surface area contributed by atoms with Gasteiger partial charge in [0.15, 0.2) is 5.25 Å². The van der Waals surface area contributed by atoms with E-state index in [1.54, 1.807) is 23.2 Å². The summed E-state index contributed by atoms with van der Waals surface area (Å²) < 4.78 is 17.5. The van der Waals surface area contributed by atoms with Gasteiger partial charge in [0.05, 0.1) is 13.1 Å². The van der Waals surface area contributed by atoms with Gasteiger partial charge in [-0.15, -0.1) is 0 Å². The molecule has 114 valence electrons. The van der Waals surface area contributed by atoms with E-state index in [2.05, 4.69) is 4.98 Å². The van der Waals surface area contributed by atoms with Crippen LogP contribution in [0.1, 0.15) is 5.56 Å². The van der Waals surface area contributed by atoms with Crippen LogP contribution in [0.5, 0.6) is 0 Å². The molecule has 2 aromatic rings. The Labute approximate surface area is 132 Å². The van der Waals surface area contributed by atoms with Gasteiger partial charge in [-0.1, -0.05) is 36.4 Å². The van der Waals surface area contributed by atoms with Crippen molar-refractivity contribution in [1.29, 1.82) is 0 Å². The molecular formula is C16H16N2O3S. The summed E-state index contributed by atoms with van der Waals surface area (Å²) >= 11 is -1.18. The summed E-state index contributed by atoms with van der Waals surface area (Å²) in [6, 6.07) is 14.9. The number of ether oxygens (including phenoxy) is 1. The predicted molar refractivity (Wildman–Crippen MR) is 82.6 cm³/mol. The highest BCUT2D eigenvalue weighted by atomic mass is 32.2. The summed E-state index contributed by atoms with van der Waals surface area (Å²) in [5.41, 5.74) is 0.949. The normalized spacial score (nSPS) is 16.0. The number of carbonyl (C=O) groups excluding carboxylic acids is 1. The quantitative estimate of drug-likeness (QED) is 0.811. The van der Waals surface area contributed by atoms with Crippen LogP contribution in [0.25, 0.3) is 0 Å². The number of pyridine rings is 1. The molecule has 5 nitrogen and oxygen atoms in total. The van der Waals surface area contributed by atoms with Crippen LogP contribution in [-0.2, 0) is 22.5 Å². The first kappa shape index (κ1) is 14.9. The minimum atomic E-state index is -1.18. The number of hydrogen-bond acceptors (Lipinski definition) is 4. The maximum atomic E-state index is 12.2. The van der Waals surface area contributed by atoms with Gasteiger partial charge in [-0.2, -0.15) is 0 Å². The van der Waals surface area contributed by atoms with Gasteiger partial charge in [-0.25, -0.2) is 9.78 Å². The van der Waals surface area contributed by atoms with Gasteiger partial charge >= 0.3 is 6.09 Å². The lowest BCUT2D eigenvalue weighted by atomic mass is 10.2. The Hall–Kier alpha value is -2.05. The van der Waals surface area contributed by atoms with E-state index in [4.69, 9.17) is 4.74 Å². The number of rotatable bonds is 4. The third-order valence-corrected chi connectivity index (χ3v) is 5.02. The van der Waals surface area contributed by atoms with Crippen molar-refractivity contribution in [3.8, 4) is 0 Å². The number of carbonyl (C=O) groups is 1. The van der Waals surface area contributed by atoms with Gasteiger partial charge in [0.2, 0.25) is 5.03 Å². The molecule has 0 N–H and O–H groups in total. The topological polar surface area (TPSA) is 65.5 Å². The van der Waals surface area contributed by atoms with Crippen LogP contribution in [0, 0.1) is 0 Å². The average molecular weight is 316 g/mol. The molecule has 22 heavy (non-hydrogen) atoms. The molecule has 3 rings (SSSR count). The summed E-state index contributed by atoms with van der Waals surface area (Å²) in [6.45, 7) is 1.14. The van der Waals surface area contributed by atoms with E-state index in [9.17, 15) is 9.35 Å². The van der Waals surface area contributed by atoms with Crippen LogP contribution in [0.2, 0.25) is 0 Å². The first-order valence-electron chi connectivity index (χ1n) is 7.01. The van der Waals surface area contributed by atoms with Crippen LogP contribution in [-0.4, -0.2) is 38.9 Å². The molecule has 1 unspecified atom stereocenters. The van der Waals surface area contributed by atoms with Gasteiger partial charge in [0, 0.05) is 23.4 Å². The monoisotopic (exact) mass is 316 g/mol. The van der Waals surface area contributed by atoms with Crippen molar-refractivity contribution < 1.29 is 14.1 Å². The third-order valence-electron chi connectivity index (χ3n) is 3.46. The van der Waals surface area contributed by atoms with E-state index < -0.39 is 11.2 Å². The largest absolute Gasteiger partial charge is 0.610 e. The molecule has 0 saturated carbocycles. The Kier molecular flexibility index (Phi) is 4.60. The standard InChI is InChI=1S/C16H16N2O3S/c19-16(21-12-13-6-2-1-3-7-13)18-10-14(11-18)22(20)15-8-4-5-9-17-15/h1-9,14H,10-12H2. The number of amides is 1. The lowest BCUT2D eigenvalue weighted by molar-refractivity contribution is 0.0767. The third kappa shape index (κ3) is 3.40. The highest BCUT2D eigenvalue weighted by Gasteiger charge is 2.41. The number of nitrogens with zero attached hydrogens (tertiary/aromatic N) is 2. The lowest BCUT2D eigenvalue weighted by Crippen LogP contribution is -2.57. The van der Waals surface area contributed by atoms with Gasteiger partial charge in [-0.05, 0) is 11.6 Å². The highest BCUT2D eigenvalue weighted by molar-refractivity contribution is 7.92. The van der Waals surface area contributed by atoms with Gasteiger partial charge in [0.1, 0.15) is 6.61 Å². The minimum Gasteiger partial charge on any atom is -0.610 e. The zero-order valence-electron chi connectivity index (χ0n) is 11.9. The fourth-order valence-corrected chi connectivity index (χ4v) is 3.52. The molecule has 1 saturated heterocycles. The fraction of sp³-hybridized carbons (Fsp3) is 0.250. The molecule has 0 radical (unpaired) electrons. The second-order valence-electron chi connectivity index (χ2n) is 5.03. The molecule has 1 atom stereocenters. The zero-order chi connectivity index (χ0) is 15.4. The summed E-state index contributed by atoms with van der Waals surface area (Å²) in [4.78, 5) is 17.5. The minimum absolute atomic E-state index is 0.0702. The van der Waals surface area contributed by atoms with E-state index in [-0.39, 0.29) is 18.0 Å². The average Bonchev–Trinajstić information content (AvgIpc) is 2.53. The molecule has 0 spiro atoms. The van der Waals surface area contributed by atoms with Gasteiger partial charge in [0.25, 0.3) is 0 Å². The SMILES string of the molecule is O=C(OCc1ccccc1)N1CC([S+]([O-])c2ccccn2)C1. The van der Waals surface area contributed by atoms with Gasteiger partial charge < -0.3 is 9.29 Å². The Morgan fingerprint density at radius 1 is 1.23 bits per heavy atom. The molecule has 1 aromatic carbocycles. The van der Waals surface area contributed by atoms with Crippen LogP contribution >= 0.6 is 0 Å². The number of hydrogen-bond donors (Lipinski definition) is 0. The first-order chi connectivity index (χ1) is 10.7. The van der Waals surface area contributed by atoms with Gasteiger partial charge in [-0.3, -0.25) is 4.90 Å². The van der Waals surface area contributed by atoms with Crippen molar-refractivity contribution in [3.05, 3.63) is 60.3 Å². The fourth-order valence-electron chi connectivity index (χ4n) is 2.17. The van der Waals surface area contributed by atoms with Crippen molar-refractivity contribution >= 4 is 17.3 Å². The van der Waals surface area contributed by atoms with Crippen LogP contribution in [0.3, 0.4) is 0 Å². The van der Waals surface area contributed by atoms with Crippen molar-refractivity contribution in [2.45, 2.75) is 16.9 Å². The maximum absolute atomic E-state index is 12.2. The van der Waals surface area contributed by atoms with E-state index in [1.165, 1.54) is 0 Å². The molecule has 1 fully saturated rings. The molecule has 1 aliphatic rings. The second-order valence-corrected chi connectivity index (χ2v) is 6.71. The summed E-state index contributed by atoms with van der Waals surface area (Å²) in [5, 5.41) is 0.490. The summed E-state index contributed by atoms with van der Waals surface area (Å²) in [5.74, 6) is 0. The molecule has 1 amide bonds.